The Morgan fingerprint density at radius 1 is 1.14 bits per heavy atom. The van der Waals surface area contributed by atoms with E-state index >= 15 is 0 Å². The number of hydrogen-bond acceptors (Lipinski definition) is 4. The molecule has 0 fully saturated rings. The molecule has 1 aliphatic heterocycles. The molecule has 0 spiro atoms. The molecule has 4 nitrogen and oxygen atoms in total. The second-order valence-electron chi connectivity index (χ2n) is 5.37. The summed E-state index contributed by atoms with van der Waals surface area (Å²) in [6, 6.07) is 12.1. The molecule has 22 heavy (non-hydrogen) atoms. The zero-order chi connectivity index (χ0) is 15.5. The van der Waals surface area contributed by atoms with E-state index in [1.165, 1.54) is 5.56 Å². The first kappa shape index (κ1) is 14.7. The lowest BCUT2D eigenvalue weighted by molar-refractivity contribution is 0.182. The van der Waals surface area contributed by atoms with E-state index in [1.54, 1.807) is 14.2 Å². The Hall–Kier alpha value is -2.20. The molecule has 2 aromatic carbocycles. The number of aryl methyl sites for hydroxylation is 1. The van der Waals surface area contributed by atoms with Gasteiger partial charge in [-0.05, 0) is 30.5 Å². The van der Waals surface area contributed by atoms with Crippen molar-refractivity contribution >= 4 is 0 Å². The Bertz CT molecular complexity index is 669. The van der Waals surface area contributed by atoms with E-state index in [2.05, 4.69) is 18.2 Å². The van der Waals surface area contributed by atoms with E-state index in [0.29, 0.717) is 6.54 Å². The molecule has 0 saturated heterocycles. The van der Waals surface area contributed by atoms with Crippen LogP contribution in [0.4, 0.5) is 0 Å². The highest BCUT2D eigenvalue weighted by Gasteiger charge is 2.23. The van der Waals surface area contributed by atoms with Gasteiger partial charge in [0.2, 0.25) is 0 Å². The lowest BCUT2D eigenvalue weighted by Crippen LogP contribution is -2.30. The number of benzene rings is 2. The zero-order valence-electron chi connectivity index (χ0n) is 13.0. The summed E-state index contributed by atoms with van der Waals surface area (Å²) in [5, 5.41) is 0. The van der Waals surface area contributed by atoms with Gasteiger partial charge in [0, 0.05) is 23.7 Å². The van der Waals surface area contributed by atoms with Crippen molar-refractivity contribution < 1.29 is 14.2 Å². The topological polar surface area (TPSA) is 53.7 Å². The van der Waals surface area contributed by atoms with Crippen molar-refractivity contribution in [2.24, 2.45) is 5.73 Å². The van der Waals surface area contributed by atoms with E-state index in [0.717, 1.165) is 41.2 Å². The summed E-state index contributed by atoms with van der Waals surface area (Å²) in [6.07, 6.45) is 2.04. The maximum absolute atomic E-state index is 6.11. The highest BCUT2D eigenvalue weighted by molar-refractivity contribution is 5.78. The fourth-order valence-corrected chi connectivity index (χ4v) is 2.86. The van der Waals surface area contributed by atoms with Crippen LogP contribution in [-0.2, 0) is 6.42 Å². The van der Waals surface area contributed by atoms with Crippen LogP contribution in [-0.4, -0.2) is 26.9 Å². The van der Waals surface area contributed by atoms with Gasteiger partial charge in [-0.2, -0.15) is 0 Å². The Morgan fingerprint density at radius 2 is 2.00 bits per heavy atom. The van der Waals surface area contributed by atoms with Gasteiger partial charge in [-0.25, -0.2) is 0 Å². The fraction of sp³-hybridized carbons (Fsp3) is 0.333. The van der Waals surface area contributed by atoms with Gasteiger partial charge >= 0.3 is 0 Å². The molecule has 4 heteroatoms. The van der Waals surface area contributed by atoms with Crippen molar-refractivity contribution in [3.8, 4) is 28.4 Å². The Balaban J connectivity index is 2.09. The maximum atomic E-state index is 6.11. The van der Waals surface area contributed by atoms with Gasteiger partial charge in [-0.1, -0.05) is 18.2 Å². The van der Waals surface area contributed by atoms with Crippen molar-refractivity contribution in [2.45, 2.75) is 18.9 Å². The second kappa shape index (κ2) is 6.28. The van der Waals surface area contributed by atoms with Crippen molar-refractivity contribution in [1.82, 2.24) is 0 Å². The van der Waals surface area contributed by atoms with Crippen LogP contribution in [0.15, 0.2) is 36.4 Å². The number of fused-ring (bicyclic) bond motifs is 1. The fourth-order valence-electron chi connectivity index (χ4n) is 2.86. The average Bonchev–Trinajstić information content (AvgIpc) is 2.60. The third-order valence-corrected chi connectivity index (χ3v) is 4.08. The van der Waals surface area contributed by atoms with Gasteiger partial charge < -0.3 is 19.9 Å². The van der Waals surface area contributed by atoms with Crippen LogP contribution in [0.3, 0.4) is 0 Å². The van der Waals surface area contributed by atoms with E-state index in [9.17, 15) is 0 Å². The summed E-state index contributed by atoms with van der Waals surface area (Å²) in [5.41, 5.74) is 9.03. The van der Waals surface area contributed by atoms with Crippen LogP contribution in [0.2, 0.25) is 0 Å². The zero-order valence-corrected chi connectivity index (χ0v) is 13.0. The first-order valence-corrected chi connectivity index (χ1v) is 7.47. The third-order valence-electron chi connectivity index (χ3n) is 4.08. The lowest BCUT2D eigenvalue weighted by atomic mass is 9.95. The van der Waals surface area contributed by atoms with Crippen molar-refractivity contribution in [3.05, 3.63) is 42.0 Å². The van der Waals surface area contributed by atoms with Crippen molar-refractivity contribution in [1.29, 1.82) is 0 Å². The third kappa shape index (κ3) is 2.62. The number of nitrogens with two attached hydrogens (primary N) is 1. The van der Waals surface area contributed by atoms with Crippen LogP contribution in [0.5, 0.6) is 17.2 Å². The van der Waals surface area contributed by atoms with E-state index in [4.69, 9.17) is 19.9 Å². The normalized spacial score (nSPS) is 16.6. The van der Waals surface area contributed by atoms with Gasteiger partial charge in [0.15, 0.2) is 0 Å². The molecule has 2 N–H and O–H groups in total. The van der Waals surface area contributed by atoms with Gasteiger partial charge in [0.1, 0.15) is 23.4 Å². The maximum Gasteiger partial charge on any atom is 0.130 e. The predicted octanol–water partition coefficient (Wildman–Crippen LogP) is 3.02. The minimum absolute atomic E-state index is 0.0814. The Labute approximate surface area is 130 Å². The summed E-state index contributed by atoms with van der Waals surface area (Å²) in [6.45, 7) is 0.535. The summed E-state index contributed by atoms with van der Waals surface area (Å²) in [7, 11) is 3.31. The van der Waals surface area contributed by atoms with Gasteiger partial charge in [0.25, 0.3) is 0 Å². The molecule has 2 aromatic rings. The molecule has 0 aliphatic carbocycles. The SMILES string of the molecule is COc1ccc(-c2cccc3c2O[C@@H](CN)CC3)c(OC)c1. The van der Waals surface area contributed by atoms with Crippen LogP contribution >= 0.6 is 0 Å². The number of hydrogen-bond donors (Lipinski definition) is 1. The molecule has 3 rings (SSSR count). The monoisotopic (exact) mass is 299 g/mol. The number of rotatable bonds is 4. The van der Waals surface area contributed by atoms with Crippen LogP contribution in [0, 0.1) is 0 Å². The lowest BCUT2D eigenvalue weighted by Gasteiger charge is -2.27. The summed E-state index contributed by atoms with van der Waals surface area (Å²) < 4.78 is 16.9. The molecule has 0 bridgehead atoms. The molecule has 0 aromatic heterocycles. The molecule has 1 aliphatic rings. The molecular weight excluding hydrogens is 278 g/mol. The first-order chi connectivity index (χ1) is 10.8. The van der Waals surface area contributed by atoms with E-state index < -0.39 is 0 Å². The minimum Gasteiger partial charge on any atom is -0.497 e. The molecular formula is C18H21NO3. The first-order valence-electron chi connectivity index (χ1n) is 7.47. The smallest absolute Gasteiger partial charge is 0.130 e. The van der Waals surface area contributed by atoms with Crippen LogP contribution in [0.1, 0.15) is 12.0 Å². The highest BCUT2D eigenvalue weighted by Crippen LogP contribution is 2.42. The Kier molecular flexibility index (Phi) is 4.20. The molecule has 0 unspecified atom stereocenters. The highest BCUT2D eigenvalue weighted by atomic mass is 16.5. The molecule has 1 atom stereocenters. The molecule has 1 heterocycles. The molecule has 116 valence electrons. The molecule has 0 radical (unpaired) electrons. The van der Waals surface area contributed by atoms with Gasteiger partial charge in [-0.15, -0.1) is 0 Å². The summed E-state index contributed by atoms with van der Waals surface area (Å²) >= 11 is 0. The molecule has 0 amide bonds. The number of para-hydroxylation sites is 1. The summed E-state index contributed by atoms with van der Waals surface area (Å²) in [4.78, 5) is 0. The van der Waals surface area contributed by atoms with Gasteiger partial charge in [0.05, 0.1) is 14.2 Å². The van der Waals surface area contributed by atoms with Gasteiger partial charge in [-0.3, -0.25) is 0 Å². The van der Waals surface area contributed by atoms with Crippen molar-refractivity contribution in [2.75, 3.05) is 20.8 Å². The quantitative estimate of drug-likeness (QED) is 0.943. The number of ether oxygens (including phenoxy) is 3. The largest absolute Gasteiger partial charge is 0.497 e. The van der Waals surface area contributed by atoms with Crippen LogP contribution < -0.4 is 19.9 Å². The molecule has 0 saturated carbocycles. The number of methoxy groups -OCH3 is 2. The second-order valence-corrected chi connectivity index (χ2v) is 5.37. The van der Waals surface area contributed by atoms with Crippen molar-refractivity contribution in [3.63, 3.8) is 0 Å². The predicted molar refractivity (Wildman–Crippen MR) is 86.8 cm³/mol. The summed E-state index contributed by atoms with van der Waals surface area (Å²) in [5.74, 6) is 2.46. The standard InChI is InChI=1S/C18H21NO3/c1-20-13-8-9-15(17(10-13)21-2)16-5-3-4-12-6-7-14(11-19)22-18(12)16/h3-5,8-10,14H,6-7,11,19H2,1-2H3/t14-/m1/s1. The average molecular weight is 299 g/mol. The Morgan fingerprint density at radius 3 is 2.73 bits per heavy atom. The van der Waals surface area contributed by atoms with Crippen LogP contribution in [0.25, 0.3) is 11.1 Å². The van der Waals surface area contributed by atoms with E-state index in [1.807, 2.05) is 18.2 Å². The van der Waals surface area contributed by atoms with E-state index in [-0.39, 0.29) is 6.10 Å². The minimum atomic E-state index is 0.0814.